The summed E-state index contributed by atoms with van der Waals surface area (Å²) in [6, 6.07) is 4.54. The van der Waals surface area contributed by atoms with Crippen molar-refractivity contribution in [2.24, 2.45) is 5.73 Å². The molecule has 1 aromatic heterocycles. The van der Waals surface area contributed by atoms with Crippen LogP contribution in [0.5, 0.6) is 0 Å². The number of aromatic nitrogens is 2. The van der Waals surface area contributed by atoms with E-state index in [1.807, 2.05) is 0 Å². The number of hydrogen-bond acceptors (Lipinski definition) is 5. The van der Waals surface area contributed by atoms with Crippen molar-refractivity contribution in [2.75, 3.05) is 5.73 Å². The van der Waals surface area contributed by atoms with Gasteiger partial charge in [0.15, 0.2) is 0 Å². The first-order valence-electron chi connectivity index (χ1n) is 5.97. The fourth-order valence-corrected chi connectivity index (χ4v) is 1.85. The molecule has 0 unspecified atom stereocenters. The number of carbonyl (C=O) groups is 2. The molecule has 0 spiro atoms. The predicted octanol–water partition coefficient (Wildman–Crippen LogP) is 0.961. The molecule has 0 bridgehead atoms. The van der Waals surface area contributed by atoms with E-state index in [0.29, 0.717) is 21.8 Å². The molecule has 21 heavy (non-hydrogen) atoms. The molecule has 7 nitrogen and oxygen atoms in total. The summed E-state index contributed by atoms with van der Waals surface area (Å²) in [5.74, 6) is -1.05. The lowest BCUT2D eigenvalue weighted by molar-refractivity contribution is -0.145. The summed E-state index contributed by atoms with van der Waals surface area (Å²) >= 11 is 5.99. The van der Waals surface area contributed by atoms with Gasteiger partial charge in [-0.1, -0.05) is 17.7 Å². The van der Waals surface area contributed by atoms with E-state index in [-0.39, 0.29) is 13.2 Å². The van der Waals surface area contributed by atoms with Crippen LogP contribution in [0.1, 0.15) is 15.9 Å². The molecule has 110 valence electrons. The lowest BCUT2D eigenvalue weighted by Gasteiger charge is -2.07. The minimum absolute atomic E-state index is 0.00649. The van der Waals surface area contributed by atoms with Gasteiger partial charge in [0.2, 0.25) is 5.91 Å². The Labute approximate surface area is 125 Å². The largest absolute Gasteiger partial charge is 0.459 e. The van der Waals surface area contributed by atoms with Crippen LogP contribution in [0.3, 0.4) is 0 Å². The lowest BCUT2D eigenvalue weighted by Crippen LogP contribution is -2.14. The highest BCUT2D eigenvalue weighted by molar-refractivity contribution is 6.31. The average Bonchev–Trinajstić information content (AvgIpc) is 2.82. The highest BCUT2D eigenvalue weighted by Gasteiger charge is 2.09. The summed E-state index contributed by atoms with van der Waals surface area (Å²) < 4.78 is 6.45. The molecule has 8 heteroatoms. The van der Waals surface area contributed by atoms with Crippen molar-refractivity contribution in [3.63, 3.8) is 0 Å². The van der Waals surface area contributed by atoms with Crippen LogP contribution in [-0.4, -0.2) is 21.7 Å². The first-order chi connectivity index (χ1) is 9.95. The molecule has 0 atom stereocenters. The SMILES string of the molecule is NC(=O)c1ccc(COC(=O)Cn2cc(N)cn2)c(Cl)c1. The summed E-state index contributed by atoms with van der Waals surface area (Å²) in [7, 11) is 0. The molecule has 2 aromatic rings. The number of esters is 1. The van der Waals surface area contributed by atoms with Crippen molar-refractivity contribution in [1.29, 1.82) is 0 Å². The second-order valence-corrected chi connectivity index (χ2v) is 4.71. The Kier molecular flexibility index (Phi) is 4.44. The minimum atomic E-state index is -0.572. The lowest BCUT2D eigenvalue weighted by atomic mass is 10.1. The molecular weight excluding hydrogens is 296 g/mol. The van der Waals surface area contributed by atoms with E-state index >= 15 is 0 Å². The summed E-state index contributed by atoms with van der Waals surface area (Å²) in [5.41, 5.74) is 12.0. The molecule has 1 heterocycles. The zero-order valence-corrected chi connectivity index (χ0v) is 11.7. The van der Waals surface area contributed by atoms with E-state index in [2.05, 4.69) is 5.10 Å². The van der Waals surface area contributed by atoms with Crippen LogP contribution in [0.15, 0.2) is 30.6 Å². The Morgan fingerprint density at radius 2 is 2.14 bits per heavy atom. The smallest absolute Gasteiger partial charge is 0.328 e. The molecule has 0 aliphatic heterocycles. The van der Waals surface area contributed by atoms with Gasteiger partial charge >= 0.3 is 5.97 Å². The first kappa shape index (κ1) is 14.9. The molecule has 0 fully saturated rings. The number of ether oxygens (including phenoxy) is 1. The number of primary amides is 1. The molecule has 0 saturated heterocycles. The molecule has 2 rings (SSSR count). The Bertz CT molecular complexity index is 684. The monoisotopic (exact) mass is 308 g/mol. The molecule has 1 amide bonds. The summed E-state index contributed by atoms with van der Waals surface area (Å²) in [4.78, 5) is 22.6. The van der Waals surface area contributed by atoms with Crippen LogP contribution in [0.2, 0.25) is 5.02 Å². The highest BCUT2D eigenvalue weighted by Crippen LogP contribution is 2.18. The average molecular weight is 309 g/mol. The topological polar surface area (TPSA) is 113 Å². The number of rotatable bonds is 5. The predicted molar refractivity (Wildman–Crippen MR) is 76.4 cm³/mol. The zero-order chi connectivity index (χ0) is 15.4. The van der Waals surface area contributed by atoms with Crippen LogP contribution < -0.4 is 11.5 Å². The van der Waals surface area contributed by atoms with Crippen molar-refractivity contribution in [3.05, 3.63) is 46.7 Å². The molecule has 0 aliphatic rings. The van der Waals surface area contributed by atoms with E-state index < -0.39 is 11.9 Å². The van der Waals surface area contributed by atoms with E-state index in [0.717, 1.165) is 0 Å². The Morgan fingerprint density at radius 1 is 1.38 bits per heavy atom. The number of halogens is 1. The van der Waals surface area contributed by atoms with Crippen molar-refractivity contribution in [2.45, 2.75) is 13.2 Å². The number of nitrogens with zero attached hydrogens (tertiary/aromatic N) is 2. The van der Waals surface area contributed by atoms with Gasteiger partial charge in [-0.15, -0.1) is 0 Å². The maximum Gasteiger partial charge on any atom is 0.328 e. The van der Waals surface area contributed by atoms with Crippen LogP contribution in [0, 0.1) is 0 Å². The van der Waals surface area contributed by atoms with Gasteiger partial charge in [0.05, 0.1) is 11.9 Å². The molecule has 0 radical (unpaired) electrons. The number of benzene rings is 1. The van der Waals surface area contributed by atoms with Gasteiger partial charge in [0, 0.05) is 22.3 Å². The third kappa shape index (κ3) is 3.96. The second-order valence-electron chi connectivity index (χ2n) is 4.30. The second kappa shape index (κ2) is 6.27. The van der Waals surface area contributed by atoms with Crippen LogP contribution >= 0.6 is 11.6 Å². The van der Waals surface area contributed by atoms with Crippen molar-refractivity contribution >= 4 is 29.2 Å². The van der Waals surface area contributed by atoms with Gasteiger partial charge < -0.3 is 16.2 Å². The van der Waals surface area contributed by atoms with Gasteiger partial charge in [-0.05, 0) is 12.1 Å². The van der Waals surface area contributed by atoms with E-state index in [4.69, 9.17) is 27.8 Å². The van der Waals surface area contributed by atoms with E-state index in [1.165, 1.54) is 29.2 Å². The van der Waals surface area contributed by atoms with Gasteiger partial charge in [-0.2, -0.15) is 5.10 Å². The molecule has 0 aliphatic carbocycles. The van der Waals surface area contributed by atoms with Crippen molar-refractivity contribution < 1.29 is 14.3 Å². The van der Waals surface area contributed by atoms with Crippen molar-refractivity contribution in [1.82, 2.24) is 9.78 Å². The standard InChI is InChI=1S/C13H13ClN4O3/c14-11-3-8(13(16)20)1-2-9(11)7-21-12(19)6-18-5-10(15)4-17-18/h1-5H,6-7,15H2,(H2,16,20). The molecule has 0 saturated carbocycles. The maximum atomic E-state index is 11.6. The van der Waals surface area contributed by atoms with Gasteiger partial charge in [0.25, 0.3) is 0 Å². The third-order valence-electron chi connectivity index (χ3n) is 2.67. The quantitative estimate of drug-likeness (QED) is 0.799. The third-order valence-corrected chi connectivity index (χ3v) is 3.02. The summed E-state index contributed by atoms with van der Waals surface area (Å²) in [5, 5.41) is 4.18. The molecule has 4 N–H and O–H groups in total. The summed E-state index contributed by atoms with van der Waals surface area (Å²) in [6.45, 7) is -0.0539. The Balaban J connectivity index is 1.93. The minimum Gasteiger partial charge on any atom is -0.459 e. The molecule has 1 aromatic carbocycles. The maximum absolute atomic E-state index is 11.6. The normalized spacial score (nSPS) is 10.3. The Hall–Kier alpha value is -2.54. The zero-order valence-electron chi connectivity index (χ0n) is 11.0. The highest BCUT2D eigenvalue weighted by atomic mass is 35.5. The fourth-order valence-electron chi connectivity index (χ4n) is 1.62. The number of carbonyl (C=O) groups excluding carboxylic acids is 2. The fraction of sp³-hybridized carbons (Fsp3) is 0.154. The number of hydrogen-bond donors (Lipinski definition) is 2. The Morgan fingerprint density at radius 3 is 2.71 bits per heavy atom. The first-order valence-corrected chi connectivity index (χ1v) is 6.35. The number of amides is 1. The van der Waals surface area contributed by atoms with E-state index in [1.54, 1.807) is 6.07 Å². The summed E-state index contributed by atoms with van der Waals surface area (Å²) in [6.07, 6.45) is 2.96. The van der Waals surface area contributed by atoms with Crippen molar-refractivity contribution in [3.8, 4) is 0 Å². The van der Waals surface area contributed by atoms with Crippen LogP contribution in [0.25, 0.3) is 0 Å². The van der Waals surface area contributed by atoms with Crippen LogP contribution in [-0.2, 0) is 22.7 Å². The van der Waals surface area contributed by atoms with Gasteiger partial charge in [0.1, 0.15) is 13.2 Å². The number of nitrogens with two attached hydrogens (primary N) is 2. The van der Waals surface area contributed by atoms with Gasteiger partial charge in [-0.25, -0.2) is 0 Å². The van der Waals surface area contributed by atoms with Crippen LogP contribution in [0.4, 0.5) is 5.69 Å². The number of anilines is 1. The molecular formula is C13H13ClN4O3. The number of nitrogen functional groups attached to an aromatic ring is 1. The van der Waals surface area contributed by atoms with Gasteiger partial charge in [-0.3, -0.25) is 14.3 Å². The van der Waals surface area contributed by atoms with E-state index in [9.17, 15) is 9.59 Å².